The highest BCUT2D eigenvalue weighted by Crippen LogP contribution is 2.07. The summed E-state index contributed by atoms with van der Waals surface area (Å²) in [7, 11) is 1.86. The van der Waals surface area contributed by atoms with Crippen LogP contribution < -0.4 is 10.6 Å². The molecule has 0 bridgehead atoms. The van der Waals surface area contributed by atoms with Crippen molar-refractivity contribution in [1.82, 2.24) is 25.4 Å². The van der Waals surface area contributed by atoms with E-state index >= 15 is 0 Å². The second-order valence-electron chi connectivity index (χ2n) is 4.29. The summed E-state index contributed by atoms with van der Waals surface area (Å²) in [5.41, 5.74) is 1.50. The van der Waals surface area contributed by atoms with Crippen molar-refractivity contribution in [2.75, 3.05) is 13.6 Å². The van der Waals surface area contributed by atoms with E-state index in [1.165, 1.54) is 6.33 Å². The van der Waals surface area contributed by atoms with Crippen molar-refractivity contribution >= 4 is 18.3 Å². The van der Waals surface area contributed by atoms with E-state index in [4.69, 9.17) is 0 Å². The fourth-order valence-electron chi connectivity index (χ4n) is 1.56. The van der Waals surface area contributed by atoms with Crippen LogP contribution in [0.15, 0.2) is 36.9 Å². The summed E-state index contributed by atoms with van der Waals surface area (Å²) in [6.45, 7) is 2.61. The molecule has 6 nitrogen and oxygen atoms in total. The number of carbonyl (C=O) groups is 1. The molecule has 1 unspecified atom stereocenters. The average molecular weight is 296 g/mol. The van der Waals surface area contributed by atoms with E-state index < -0.39 is 0 Å². The van der Waals surface area contributed by atoms with Crippen molar-refractivity contribution in [2.24, 2.45) is 0 Å². The lowest BCUT2D eigenvalue weighted by molar-refractivity contribution is 0.0950. The van der Waals surface area contributed by atoms with E-state index in [-0.39, 0.29) is 24.4 Å². The summed E-state index contributed by atoms with van der Waals surface area (Å²) < 4.78 is 1.64. The second kappa shape index (κ2) is 7.62. The van der Waals surface area contributed by atoms with E-state index in [0.29, 0.717) is 12.1 Å². The van der Waals surface area contributed by atoms with Crippen molar-refractivity contribution < 1.29 is 4.79 Å². The number of nitrogens with one attached hydrogen (secondary N) is 2. The number of carbonyl (C=O) groups excluding carboxylic acids is 1. The Morgan fingerprint density at radius 1 is 1.35 bits per heavy atom. The van der Waals surface area contributed by atoms with E-state index in [1.807, 2.05) is 26.1 Å². The lowest BCUT2D eigenvalue weighted by Gasteiger charge is -2.11. The van der Waals surface area contributed by atoms with Crippen LogP contribution in [0.4, 0.5) is 0 Å². The van der Waals surface area contributed by atoms with Crippen LogP contribution >= 0.6 is 12.4 Å². The van der Waals surface area contributed by atoms with Crippen molar-refractivity contribution in [2.45, 2.75) is 13.0 Å². The van der Waals surface area contributed by atoms with Crippen molar-refractivity contribution in [1.29, 1.82) is 0 Å². The largest absolute Gasteiger partial charge is 0.350 e. The minimum absolute atomic E-state index is 0. The summed E-state index contributed by atoms with van der Waals surface area (Å²) in [4.78, 5) is 15.8. The zero-order valence-corrected chi connectivity index (χ0v) is 12.2. The van der Waals surface area contributed by atoms with Crippen LogP contribution in [0.3, 0.4) is 0 Å². The number of aromatic nitrogens is 3. The average Bonchev–Trinajstić information content (AvgIpc) is 2.98. The third-order valence-corrected chi connectivity index (χ3v) is 2.87. The fourth-order valence-corrected chi connectivity index (χ4v) is 1.56. The number of benzene rings is 1. The molecular formula is C13H18ClN5O. The molecular weight excluding hydrogens is 278 g/mol. The van der Waals surface area contributed by atoms with Crippen LogP contribution in [0.25, 0.3) is 5.69 Å². The van der Waals surface area contributed by atoms with Gasteiger partial charge >= 0.3 is 0 Å². The molecule has 0 radical (unpaired) electrons. The van der Waals surface area contributed by atoms with E-state index in [9.17, 15) is 4.79 Å². The van der Waals surface area contributed by atoms with Crippen molar-refractivity contribution in [3.05, 3.63) is 42.5 Å². The molecule has 7 heteroatoms. The van der Waals surface area contributed by atoms with Gasteiger partial charge in [0.05, 0.1) is 5.69 Å². The number of nitrogens with zero attached hydrogens (tertiary/aromatic N) is 3. The Labute approximate surface area is 124 Å². The summed E-state index contributed by atoms with van der Waals surface area (Å²) in [6, 6.07) is 7.47. The summed E-state index contributed by atoms with van der Waals surface area (Å²) in [5, 5.41) is 9.96. The Kier molecular flexibility index (Phi) is 6.14. The topological polar surface area (TPSA) is 71.8 Å². The van der Waals surface area contributed by atoms with E-state index in [1.54, 1.807) is 23.1 Å². The molecule has 1 atom stereocenters. The highest BCUT2D eigenvalue weighted by Gasteiger charge is 2.07. The number of hydrogen-bond donors (Lipinski definition) is 2. The minimum atomic E-state index is -0.0766. The third-order valence-electron chi connectivity index (χ3n) is 2.87. The number of halogens is 1. The monoisotopic (exact) mass is 295 g/mol. The van der Waals surface area contributed by atoms with Gasteiger partial charge in [0.2, 0.25) is 0 Å². The lowest BCUT2D eigenvalue weighted by Crippen LogP contribution is -2.37. The van der Waals surface area contributed by atoms with Gasteiger partial charge in [-0.3, -0.25) is 4.79 Å². The van der Waals surface area contributed by atoms with Gasteiger partial charge in [-0.1, -0.05) is 0 Å². The molecule has 1 aromatic carbocycles. The Morgan fingerprint density at radius 3 is 2.60 bits per heavy atom. The summed E-state index contributed by atoms with van der Waals surface area (Å²) >= 11 is 0. The van der Waals surface area contributed by atoms with Gasteiger partial charge in [-0.05, 0) is 38.2 Å². The van der Waals surface area contributed by atoms with Gasteiger partial charge in [0.1, 0.15) is 12.7 Å². The first kappa shape index (κ1) is 16.1. The van der Waals surface area contributed by atoms with Crippen molar-refractivity contribution in [3.63, 3.8) is 0 Å². The van der Waals surface area contributed by atoms with Gasteiger partial charge in [-0.25, -0.2) is 9.67 Å². The standard InChI is InChI=1S/C13H17N5O.ClH/c1-10(14-2)7-16-13(19)11-3-5-12(6-4-11)18-9-15-8-17-18;/h3-6,8-10,14H,7H2,1-2H3,(H,16,19);1H. The molecule has 2 aromatic rings. The highest BCUT2D eigenvalue weighted by molar-refractivity contribution is 5.94. The SMILES string of the molecule is CNC(C)CNC(=O)c1ccc(-n2cncn2)cc1.Cl. The molecule has 108 valence electrons. The normalized spacial score (nSPS) is 11.5. The Hall–Kier alpha value is -1.92. The lowest BCUT2D eigenvalue weighted by atomic mass is 10.2. The first-order valence-electron chi connectivity index (χ1n) is 6.11. The molecule has 1 amide bonds. The fraction of sp³-hybridized carbons (Fsp3) is 0.308. The number of rotatable bonds is 5. The van der Waals surface area contributed by atoms with Crippen LogP contribution in [0.1, 0.15) is 17.3 Å². The van der Waals surface area contributed by atoms with Crippen LogP contribution in [0.5, 0.6) is 0 Å². The van der Waals surface area contributed by atoms with Gasteiger partial charge in [0, 0.05) is 18.2 Å². The van der Waals surface area contributed by atoms with E-state index in [2.05, 4.69) is 20.7 Å². The van der Waals surface area contributed by atoms with Gasteiger partial charge in [0.15, 0.2) is 0 Å². The van der Waals surface area contributed by atoms with E-state index in [0.717, 1.165) is 5.69 Å². The van der Waals surface area contributed by atoms with Gasteiger partial charge in [0.25, 0.3) is 5.91 Å². The number of hydrogen-bond acceptors (Lipinski definition) is 4. The van der Waals surface area contributed by atoms with Crippen LogP contribution in [0, 0.1) is 0 Å². The molecule has 0 spiro atoms. The smallest absolute Gasteiger partial charge is 0.251 e. The van der Waals surface area contributed by atoms with Crippen LogP contribution in [0.2, 0.25) is 0 Å². The van der Waals surface area contributed by atoms with Crippen molar-refractivity contribution in [3.8, 4) is 5.69 Å². The van der Waals surface area contributed by atoms with Crippen LogP contribution in [-0.2, 0) is 0 Å². The zero-order chi connectivity index (χ0) is 13.7. The molecule has 0 aliphatic heterocycles. The summed E-state index contributed by atoms with van der Waals surface area (Å²) in [5.74, 6) is -0.0766. The Balaban J connectivity index is 0.00000200. The molecule has 0 aliphatic rings. The molecule has 20 heavy (non-hydrogen) atoms. The second-order valence-corrected chi connectivity index (χ2v) is 4.29. The molecule has 0 fully saturated rings. The maximum atomic E-state index is 11.9. The molecule has 0 saturated heterocycles. The van der Waals surface area contributed by atoms with Gasteiger partial charge in [-0.2, -0.15) is 5.10 Å². The maximum Gasteiger partial charge on any atom is 0.251 e. The number of amides is 1. The number of likely N-dealkylation sites (N-methyl/N-ethyl adjacent to an activating group) is 1. The highest BCUT2D eigenvalue weighted by atomic mass is 35.5. The predicted octanol–water partition coefficient (Wildman–Crippen LogP) is 1.03. The van der Waals surface area contributed by atoms with Gasteiger partial charge < -0.3 is 10.6 Å². The summed E-state index contributed by atoms with van der Waals surface area (Å²) in [6.07, 6.45) is 3.09. The Morgan fingerprint density at radius 2 is 2.05 bits per heavy atom. The maximum absolute atomic E-state index is 11.9. The first-order chi connectivity index (χ1) is 9.20. The quantitative estimate of drug-likeness (QED) is 0.864. The molecule has 1 heterocycles. The molecule has 2 rings (SSSR count). The molecule has 2 N–H and O–H groups in total. The molecule has 0 aliphatic carbocycles. The third kappa shape index (κ3) is 4.04. The van der Waals surface area contributed by atoms with Gasteiger partial charge in [-0.15, -0.1) is 12.4 Å². The predicted molar refractivity (Wildman–Crippen MR) is 79.5 cm³/mol. The molecule has 1 aromatic heterocycles. The molecule has 0 saturated carbocycles. The van der Waals surface area contributed by atoms with Crippen LogP contribution in [-0.4, -0.2) is 40.3 Å². The minimum Gasteiger partial charge on any atom is -0.350 e. The zero-order valence-electron chi connectivity index (χ0n) is 11.4. The first-order valence-corrected chi connectivity index (χ1v) is 6.11. The Bertz CT molecular complexity index is 526.